The Labute approximate surface area is 155 Å². The molecule has 7 heteroatoms. The number of para-hydroxylation sites is 2. The molecule has 0 saturated carbocycles. The van der Waals surface area contributed by atoms with Crippen LogP contribution in [-0.2, 0) is 11.3 Å². The molecule has 2 aromatic carbocycles. The molecule has 0 radical (unpaired) electrons. The fraction of sp³-hybridized carbons (Fsp3) is 0.263. The summed E-state index contributed by atoms with van der Waals surface area (Å²) in [6, 6.07) is 13.3. The fourth-order valence-corrected chi connectivity index (χ4v) is 3.70. The summed E-state index contributed by atoms with van der Waals surface area (Å²) in [6.45, 7) is 2.55. The lowest BCUT2D eigenvalue weighted by Gasteiger charge is -2.10. The number of aromatic nitrogens is 2. The minimum Gasteiger partial charge on any atom is -0.454 e. The average Bonchev–Trinajstić information content (AvgIpc) is 3.24. The van der Waals surface area contributed by atoms with Gasteiger partial charge in [0.15, 0.2) is 16.7 Å². The zero-order chi connectivity index (χ0) is 17.9. The van der Waals surface area contributed by atoms with Crippen molar-refractivity contribution >= 4 is 34.4 Å². The van der Waals surface area contributed by atoms with E-state index in [1.807, 2.05) is 34.9 Å². The quantitative estimate of drug-likeness (QED) is 0.668. The van der Waals surface area contributed by atoms with E-state index in [4.69, 9.17) is 9.47 Å². The number of carbonyl (C=O) groups excluding carboxylic acids is 1. The number of hydrogen-bond acceptors (Lipinski definition) is 5. The second-order valence-corrected chi connectivity index (χ2v) is 7.00. The molecule has 1 N–H and O–H groups in total. The Morgan fingerprint density at radius 2 is 2.08 bits per heavy atom. The molecule has 0 bridgehead atoms. The Kier molecular flexibility index (Phi) is 4.71. The molecule has 1 aliphatic heterocycles. The lowest BCUT2D eigenvalue weighted by Crippen LogP contribution is -2.19. The van der Waals surface area contributed by atoms with E-state index in [2.05, 4.69) is 17.2 Å². The number of benzene rings is 2. The lowest BCUT2D eigenvalue weighted by molar-refractivity contribution is -0.116. The number of nitrogens with one attached hydrogen (secondary N) is 1. The van der Waals surface area contributed by atoms with Crippen LogP contribution in [0.5, 0.6) is 11.5 Å². The third kappa shape index (κ3) is 3.35. The molecule has 1 amide bonds. The van der Waals surface area contributed by atoms with Crippen LogP contribution in [-0.4, -0.2) is 28.0 Å². The summed E-state index contributed by atoms with van der Waals surface area (Å²) in [5, 5.41) is 3.79. The van der Waals surface area contributed by atoms with E-state index >= 15 is 0 Å². The standard InChI is InChI=1S/C19H19N3O3S/c1-2-9-26-19-21-14-5-3-4-6-15(14)22(19)11-18(23)20-13-7-8-16-17(10-13)25-12-24-16/h3-8,10H,2,9,11-12H2,1H3,(H,20,23). The minimum absolute atomic E-state index is 0.106. The molecule has 1 aromatic heterocycles. The molecule has 3 aromatic rings. The summed E-state index contributed by atoms with van der Waals surface area (Å²) in [5.74, 6) is 2.20. The van der Waals surface area contributed by atoms with Crippen LogP contribution in [0, 0.1) is 0 Å². The highest BCUT2D eigenvalue weighted by atomic mass is 32.2. The van der Waals surface area contributed by atoms with Crippen LogP contribution in [0.1, 0.15) is 13.3 Å². The summed E-state index contributed by atoms with van der Waals surface area (Å²) in [6.07, 6.45) is 1.05. The molecule has 1 aliphatic rings. The Hall–Kier alpha value is -2.67. The van der Waals surface area contributed by atoms with Gasteiger partial charge in [-0.15, -0.1) is 0 Å². The highest BCUT2D eigenvalue weighted by molar-refractivity contribution is 7.99. The zero-order valence-electron chi connectivity index (χ0n) is 14.4. The number of carbonyl (C=O) groups is 1. The first-order chi connectivity index (χ1) is 12.7. The first-order valence-corrected chi connectivity index (χ1v) is 9.50. The van der Waals surface area contributed by atoms with Crippen molar-refractivity contribution in [2.45, 2.75) is 25.0 Å². The van der Waals surface area contributed by atoms with E-state index in [0.29, 0.717) is 17.2 Å². The number of amides is 1. The molecule has 6 nitrogen and oxygen atoms in total. The van der Waals surface area contributed by atoms with Gasteiger partial charge >= 0.3 is 0 Å². The van der Waals surface area contributed by atoms with Crippen LogP contribution in [0.15, 0.2) is 47.6 Å². The second kappa shape index (κ2) is 7.29. The van der Waals surface area contributed by atoms with Gasteiger partial charge in [0.1, 0.15) is 6.54 Å². The number of ether oxygens (including phenoxy) is 2. The van der Waals surface area contributed by atoms with Crippen molar-refractivity contribution in [3.05, 3.63) is 42.5 Å². The molecular weight excluding hydrogens is 350 g/mol. The van der Waals surface area contributed by atoms with Crippen LogP contribution in [0.25, 0.3) is 11.0 Å². The SMILES string of the molecule is CCCSc1nc2ccccc2n1CC(=O)Nc1ccc2c(c1)OCO2. The maximum atomic E-state index is 12.6. The van der Waals surface area contributed by atoms with Crippen LogP contribution in [0.4, 0.5) is 5.69 Å². The van der Waals surface area contributed by atoms with Crippen LogP contribution in [0.3, 0.4) is 0 Å². The molecule has 0 atom stereocenters. The maximum absolute atomic E-state index is 12.6. The molecule has 0 aliphatic carbocycles. The van der Waals surface area contributed by atoms with Gasteiger partial charge in [-0.25, -0.2) is 4.98 Å². The van der Waals surface area contributed by atoms with E-state index in [-0.39, 0.29) is 19.2 Å². The summed E-state index contributed by atoms with van der Waals surface area (Å²) in [7, 11) is 0. The van der Waals surface area contributed by atoms with Crippen molar-refractivity contribution in [1.29, 1.82) is 0 Å². The monoisotopic (exact) mass is 369 g/mol. The van der Waals surface area contributed by atoms with Crippen molar-refractivity contribution in [2.24, 2.45) is 0 Å². The summed E-state index contributed by atoms with van der Waals surface area (Å²) >= 11 is 1.67. The van der Waals surface area contributed by atoms with Gasteiger partial charge in [-0.1, -0.05) is 30.8 Å². The number of anilines is 1. The number of thioether (sulfide) groups is 1. The molecule has 0 saturated heterocycles. The van der Waals surface area contributed by atoms with Gasteiger partial charge in [0.2, 0.25) is 12.7 Å². The van der Waals surface area contributed by atoms with Gasteiger partial charge in [-0.2, -0.15) is 0 Å². The predicted octanol–water partition coefficient (Wildman–Crippen LogP) is 3.91. The van der Waals surface area contributed by atoms with Crippen LogP contribution < -0.4 is 14.8 Å². The van der Waals surface area contributed by atoms with Crippen molar-refractivity contribution in [1.82, 2.24) is 9.55 Å². The van der Waals surface area contributed by atoms with Gasteiger partial charge in [0.05, 0.1) is 11.0 Å². The largest absolute Gasteiger partial charge is 0.454 e. The zero-order valence-corrected chi connectivity index (χ0v) is 15.2. The van der Waals surface area contributed by atoms with Crippen LogP contribution in [0.2, 0.25) is 0 Å². The van der Waals surface area contributed by atoms with Gasteiger partial charge < -0.3 is 19.4 Å². The van der Waals surface area contributed by atoms with E-state index in [0.717, 1.165) is 28.4 Å². The molecule has 0 spiro atoms. The topological polar surface area (TPSA) is 65.4 Å². The van der Waals surface area contributed by atoms with Gasteiger partial charge in [0.25, 0.3) is 0 Å². The molecule has 134 valence electrons. The second-order valence-electron chi connectivity index (χ2n) is 5.93. The molecule has 0 fully saturated rings. The number of fused-ring (bicyclic) bond motifs is 2. The number of hydrogen-bond donors (Lipinski definition) is 1. The van der Waals surface area contributed by atoms with Crippen molar-refractivity contribution in [3.63, 3.8) is 0 Å². The Balaban J connectivity index is 1.55. The van der Waals surface area contributed by atoms with E-state index in [1.54, 1.807) is 23.9 Å². The van der Waals surface area contributed by atoms with Gasteiger partial charge in [0, 0.05) is 17.5 Å². The third-order valence-corrected chi connectivity index (χ3v) is 5.20. The van der Waals surface area contributed by atoms with Crippen molar-refractivity contribution < 1.29 is 14.3 Å². The normalized spacial score (nSPS) is 12.5. The van der Waals surface area contributed by atoms with Gasteiger partial charge in [-0.3, -0.25) is 4.79 Å². The highest BCUT2D eigenvalue weighted by Gasteiger charge is 2.16. The number of imidazole rings is 1. The summed E-state index contributed by atoms with van der Waals surface area (Å²) in [4.78, 5) is 17.3. The smallest absolute Gasteiger partial charge is 0.244 e. The first-order valence-electron chi connectivity index (χ1n) is 8.52. The van der Waals surface area contributed by atoms with E-state index in [9.17, 15) is 4.79 Å². The fourth-order valence-electron chi connectivity index (χ4n) is 2.83. The summed E-state index contributed by atoms with van der Waals surface area (Å²) in [5.41, 5.74) is 2.56. The van der Waals surface area contributed by atoms with Crippen LogP contribution >= 0.6 is 11.8 Å². The molecule has 4 rings (SSSR count). The minimum atomic E-state index is -0.106. The summed E-state index contributed by atoms with van der Waals surface area (Å²) < 4.78 is 12.6. The molecular formula is C19H19N3O3S. The first kappa shape index (κ1) is 16.8. The average molecular weight is 369 g/mol. The highest BCUT2D eigenvalue weighted by Crippen LogP contribution is 2.34. The Morgan fingerprint density at radius 1 is 1.23 bits per heavy atom. The molecule has 2 heterocycles. The maximum Gasteiger partial charge on any atom is 0.244 e. The molecule has 26 heavy (non-hydrogen) atoms. The number of nitrogens with zero attached hydrogens (tertiary/aromatic N) is 2. The van der Waals surface area contributed by atoms with Gasteiger partial charge in [-0.05, 0) is 30.7 Å². The lowest BCUT2D eigenvalue weighted by atomic mass is 10.2. The predicted molar refractivity (Wildman–Crippen MR) is 102 cm³/mol. The third-order valence-electron chi connectivity index (χ3n) is 4.01. The Morgan fingerprint density at radius 3 is 2.96 bits per heavy atom. The van der Waals surface area contributed by atoms with E-state index in [1.165, 1.54) is 0 Å². The Bertz CT molecular complexity index is 954. The van der Waals surface area contributed by atoms with Crippen molar-refractivity contribution in [2.75, 3.05) is 17.9 Å². The van der Waals surface area contributed by atoms with E-state index < -0.39 is 0 Å². The van der Waals surface area contributed by atoms with Crippen molar-refractivity contribution in [3.8, 4) is 11.5 Å². The molecule has 0 unspecified atom stereocenters. The number of rotatable bonds is 6.